The average molecular weight is 263 g/mol. The molecular formula is C15H25N3O. The molecule has 4 bridgehead atoms. The molecule has 1 saturated heterocycles. The van der Waals surface area contributed by atoms with Crippen molar-refractivity contribution >= 4 is 5.91 Å². The number of piperazine rings is 1. The third-order valence-electron chi connectivity index (χ3n) is 5.89. The molecule has 0 aromatic carbocycles. The summed E-state index contributed by atoms with van der Waals surface area (Å²) in [5, 5.41) is 10.0. The Morgan fingerprint density at radius 2 is 1.63 bits per heavy atom. The highest BCUT2D eigenvalue weighted by atomic mass is 16.2. The number of hydrogen-bond donors (Lipinski definition) is 3. The highest BCUT2D eigenvalue weighted by Gasteiger charge is 2.48. The molecule has 0 aromatic rings. The molecule has 0 radical (unpaired) electrons. The molecule has 1 unspecified atom stereocenters. The second-order valence-electron chi connectivity index (χ2n) is 7.18. The van der Waals surface area contributed by atoms with E-state index in [1.807, 2.05) is 0 Å². The Hall–Kier alpha value is -0.610. The van der Waals surface area contributed by atoms with Gasteiger partial charge in [0, 0.05) is 25.7 Å². The van der Waals surface area contributed by atoms with Crippen LogP contribution in [0.2, 0.25) is 0 Å². The maximum absolute atomic E-state index is 12.4. The van der Waals surface area contributed by atoms with E-state index in [1.54, 1.807) is 0 Å². The third kappa shape index (κ3) is 2.19. The number of hydrogen-bond acceptors (Lipinski definition) is 3. The molecule has 4 nitrogen and oxygen atoms in total. The van der Waals surface area contributed by atoms with E-state index in [4.69, 9.17) is 0 Å². The highest BCUT2D eigenvalue weighted by molar-refractivity contribution is 5.82. The summed E-state index contributed by atoms with van der Waals surface area (Å²) >= 11 is 0. The molecular weight excluding hydrogens is 238 g/mol. The van der Waals surface area contributed by atoms with E-state index in [2.05, 4.69) is 16.0 Å². The Labute approximate surface area is 115 Å². The molecule has 1 amide bonds. The van der Waals surface area contributed by atoms with Crippen LogP contribution in [0.4, 0.5) is 0 Å². The molecule has 5 fully saturated rings. The van der Waals surface area contributed by atoms with E-state index in [-0.39, 0.29) is 11.9 Å². The van der Waals surface area contributed by atoms with Gasteiger partial charge in [0.25, 0.3) is 0 Å². The fourth-order valence-corrected chi connectivity index (χ4v) is 5.26. The predicted octanol–water partition coefficient (Wildman–Crippen LogP) is 0.489. The molecule has 5 rings (SSSR count). The van der Waals surface area contributed by atoms with E-state index >= 15 is 0 Å². The third-order valence-corrected chi connectivity index (χ3v) is 5.89. The lowest BCUT2D eigenvalue weighted by Crippen LogP contribution is -2.61. The minimum absolute atomic E-state index is 0.0223. The van der Waals surface area contributed by atoms with Gasteiger partial charge in [-0.15, -0.1) is 0 Å². The van der Waals surface area contributed by atoms with Gasteiger partial charge in [-0.05, 0) is 55.8 Å². The van der Waals surface area contributed by atoms with E-state index in [0.717, 1.165) is 43.3 Å². The zero-order valence-corrected chi connectivity index (χ0v) is 11.5. The smallest absolute Gasteiger partial charge is 0.238 e. The first kappa shape index (κ1) is 12.2. The maximum Gasteiger partial charge on any atom is 0.238 e. The summed E-state index contributed by atoms with van der Waals surface area (Å²) in [4.78, 5) is 12.4. The van der Waals surface area contributed by atoms with Crippen LogP contribution in [-0.2, 0) is 4.79 Å². The lowest BCUT2D eigenvalue weighted by molar-refractivity contribution is -0.127. The molecule has 4 aliphatic carbocycles. The van der Waals surface area contributed by atoms with Crippen LogP contribution in [0.1, 0.15) is 32.1 Å². The van der Waals surface area contributed by atoms with Gasteiger partial charge in [0.1, 0.15) is 0 Å². The molecule has 0 spiro atoms. The molecule has 0 aromatic heterocycles. The number of carbonyl (C=O) groups excluding carboxylic acids is 1. The van der Waals surface area contributed by atoms with Crippen molar-refractivity contribution in [3.05, 3.63) is 0 Å². The zero-order valence-electron chi connectivity index (χ0n) is 11.5. The summed E-state index contributed by atoms with van der Waals surface area (Å²) in [5.74, 6) is 3.73. The van der Waals surface area contributed by atoms with Crippen molar-refractivity contribution in [1.29, 1.82) is 0 Å². The summed E-state index contributed by atoms with van der Waals surface area (Å²) in [6.45, 7) is 2.65. The van der Waals surface area contributed by atoms with Crippen LogP contribution in [0.5, 0.6) is 0 Å². The highest BCUT2D eigenvalue weighted by Crippen LogP contribution is 2.53. The lowest BCUT2D eigenvalue weighted by atomic mass is 9.54. The quantitative estimate of drug-likeness (QED) is 0.679. The maximum atomic E-state index is 12.4. The average Bonchev–Trinajstić information content (AvgIpc) is 2.43. The molecule has 1 atom stereocenters. The van der Waals surface area contributed by atoms with Gasteiger partial charge in [0.15, 0.2) is 0 Å². The largest absolute Gasteiger partial charge is 0.351 e. The van der Waals surface area contributed by atoms with Gasteiger partial charge in [-0.25, -0.2) is 0 Å². The van der Waals surface area contributed by atoms with Crippen LogP contribution >= 0.6 is 0 Å². The number of amides is 1. The first-order chi connectivity index (χ1) is 9.29. The summed E-state index contributed by atoms with van der Waals surface area (Å²) in [6, 6.07) is 0.454. The van der Waals surface area contributed by atoms with Crippen LogP contribution in [0.15, 0.2) is 0 Å². The lowest BCUT2D eigenvalue weighted by Gasteiger charge is -2.54. The van der Waals surface area contributed by atoms with Gasteiger partial charge >= 0.3 is 0 Å². The fourth-order valence-electron chi connectivity index (χ4n) is 5.26. The minimum Gasteiger partial charge on any atom is -0.351 e. The van der Waals surface area contributed by atoms with Gasteiger partial charge in [-0.1, -0.05) is 0 Å². The standard InChI is InChI=1S/C15H25N3O/c19-15(13-8-16-1-2-17-13)18-14-11-4-9-3-10(6-11)7-12(14)5-9/h9-14,16-17H,1-8H2,(H,18,19). The first-order valence-corrected chi connectivity index (χ1v) is 8.04. The van der Waals surface area contributed by atoms with E-state index in [9.17, 15) is 4.79 Å². The van der Waals surface area contributed by atoms with E-state index in [0.29, 0.717) is 6.04 Å². The van der Waals surface area contributed by atoms with Crippen molar-refractivity contribution in [2.24, 2.45) is 23.7 Å². The van der Waals surface area contributed by atoms with Crippen molar-refractivity contribution in [3.63, 3.8) is 0 Å². The van der Waals surface area contributed by atoms with Gasteiger partial charge in [-0.2, -0.15) is 0 Å². The molecule has 3 N–H and O–H groups in total. The Morgan fingerprint density at radius 1 is 0.947 bits per heavy atom. The van der Waals surface area contributed by atoms with Crippen molar-refractivity contribution in [1.82, 2.24) is 16.0 Å². The Balaban J connectivity index is 1.41. The second-order valence-corrected chi connectivity index (χ2v) is 7.18. The Kier molecular flexibility index (Phi) is 3.03. The number of carbonyl (C=O) groups is 1. The topological polar surface area (TPSA) is 53.2 Å². The van der Waals surface area contributed by atoms with Crippen molar-refractivity contribution in [3.8, 4) is 0 Å². The van der Waals surface area contributed by atoms with Crippen molar-refractivity contribution in [2.45, 2.75) is 44.2 Å². The molecule has 19 heavy (non-hydrogen) atoms. The molecule has 1 aliphatic heterocycles. The van der Waals surface area contributed by atoms with Crippen molar-refractivity contribution < 1.29 is 4.79 Å². The zero-order chi connectivity index (χ0) is 12.8. The summed E-state index contributed by atoms with van der Waals surface area (Å²) in [6.07, 6.45) is 6.95. The Bertz CT molecular complexity index is 336. The minimum atomic E-state index is -0.0223. The van der Waals surface area contributed by atoms with Crippen LogP contribution in [-0.4, -0.2) is 37.6 Å². The van der Waals surface area contributed by atoms with Crippen LogP contribution in [0.25, 0.3) is 0 Å². The molecule has 4 saturated carbocycles. The molecule has 106 valence electrons. The fraction of sp³-hybridized carbons (Fsp3) is 0.933. The molecule has 4 heteroatoms. The Morgan fingerprint density at radius 3 is 2.21 bits per heavy atom. The monoisotopic (exact) mass is 263 g/mol. The van der Waals surface area contributed by atoms with Crippen LogP contribution in [0, 0.1) is 23.7 Å². The van der Waals surface area contributed by atoms with Gasteiger partial charge in [0.2, 0.25) is 5.91 Å². The van der Waals surface area contributed by atoms with Gasteiger partial charge in [-0.3, -0.25) is 4.79 Å². The molecule has 1 heterocycles. The van der Waals surface area contributed by atoms with E-state index < -0.39 is 0 Å². The van der Waals surface area contributed by atoms with Gasteiger partial charge in [0.05, 0.1) is 6.04 Å². The summed E-state index contributed by atoms with van der Waals surface area (Å²) in [7, 11) is 0. The van der Waals surface area contributed by atoms with Crippen molar-refractivity contribution in [2.75, 3.05) is 19.6 Å². The number of rotatable bonds is 2. The van der Waals surface area contributed by atoms with Crippen LogP contribution in [0.3, 0.4) is 0 Å². The van der Waals surface area contributed by atoms with Gasteiger partial charge < -0.3 is 16.0 Å². The summed E-state index contributed by atoms with van der Waals surface area (Å²) in [5.41, 5.74) is 0. The SMILES string of the molecule is O=C(NC1C2CC3CC(C2)CC1C3)C1CNCCN1. The van der Waals surface area contributed by atoms with Crippen LogP contribution < -0.4 is 16.0 Å². The normalized spacial score (nSPS) is 48.2. The van der Waals surface area contributed by atoms with E-state index in [1.165, 1.54) is 32.1 Å². The molecule has 5 aliphatic rings. The first-order valence-electron chi connectivity index (χ1n) is 8.04. The second kappa shape index (κ2) is 4.74. The number of nitrogens with one attached hydrogen (secondary N) is 3. The summed E-state index contributed by atoms with van der Waals surface area (Å²) < 4.78 is 0. The predicted molar refractivity (Wildman–Crippen MR) is 73.6 cm³/mol.